The van der Waals surface area contributed by atoms with E-state index in [1.807, 2.05) is 42.2 Å². The molecule has 0 unspecified atom stereocenters. The summed E-state index contributed by atoms with van der Waals surface area (Å²) < 4.78 is 13.6. The topological polar surface area (TPSA) is 29.3 Å². The molecule has 2 nitrogen and oxygen atoms in total. The maximum atomic E-state index is 13.6. The second kappa shape index (κ2) is 5.93. The van der Waals surface area contributed by atoms with E-state index in [4.69, 9.17) is 17.3 Å². The lowest BCUT2D eigenvalue weighted by Gasteiger charge is -2.25. The lowest BCUT2D eigenvalue weighted by molar-refractivity contribution is 0.627. The van der Waals surface area contributed by atoms with Crippen molar-refractivity contribution in [2.24, 2.45) is 0 Å². The Labute approximate surface area is 117 Å². The van der Waals surface area contributed by atoms with Crippen LogP contribution in [-0.4, -0.2) is 6.54 Å². The summed E-state index contributed by atoms with van der Waals surface area (Å²) in [6.45, 7) is 3.43. The molecule has 0 saturated heterocycles. The van der Waals surface area contributed by atoms with Crippen LogP contribution < -0.4 is 10.6 Å². The number of hydrogen-bond acceptors (Lipinski definition) is 2. The highest BCUT2D eigenvalue weighted by Crippen LogP contribution is 2.30. The molecule has 0 atom stereocenters. The van der Waals surface area contributed by atoms with Crippen LogP contribution in [0.2, 0.25) is 5.02 Å². The fraction of sp³-hybridized carbons (Fsp3) is 0.200. The fourth-order valence-electron chi connectivity index (χ4n) is 2.00. The Kier molecular flexibility index (Phi) is 4.27. The number of nitrogens with two attached hydrogens (primary N) is 1. The van der Waals surface area contributed by atoms with Crippen molar-refractivity contribution < 1.29 is 4.39 Å². The van der Waals surface area contributed by atoms with E-state index in [-0.39, 0.29) is 5.02 Å². The summed E-state index contributed by atoms with van der Waals surface area (Å²) in [5, 5.41) is 0.0528. The molecule has 0 aliphatic heterocycles. The first-order valence-electron chi connectivity index (χ1n) is 6.15. The van der Waals surface area contributed by atoms with Crippen molar-refractivity contribution in [3.63, 3.8) is 0 Å². The van der Waals surface area contributed by atoms with Crippen LogP contribution in [0.1, 0.15) is 12.5 Å². The normalized spacial score (nSPS) is 10.5. The second-order valence-corrected chi connectivity index (χ2v) is 4.73. The first kappa shape index (κ1) is 13.7. The number of nitrogens with zero attached hydrogens (tertiary/aromatic N) is 1. The maximum absolute atomic E-state index is 13.6. The van der Waals surface area contributed by atoms with Gasteiger partial charge in [-0.15, -0.1) is 0 Å². The Morgan fingerprint density at radius 2 is 1.89 bits per heavy atom. The smallest absolute Gasteiger partial charge is 0.144 e. The van der Waals surface area contributed by atoms with Gasteiger partial charge < -0.3 is 10.6 Å². The monoisotopic (exact) mass is 278 g/mol. The van der Waals surface area contributed by atoms with E-state index in [0.717, 1.165) is 12.1 Å². The number of rotatable bonds is 4. The van der Waals surface area contributed by atoms with Gasteiger partial charge in [-0.2, -0.15) is 0 Å². The molecular formula is C15H16ClFN2. The van der Waals surface area contributed by atoms with Crippen molar-refractivity contribution in [3.05, 3.63) is 58.9 Å². The van der Waals surface area contributed by atoms with Crippen molar-refractivity contribution in [3.8, 4) is 0 Å². The minimum Gasteiger partial charge on any atom is -0.397 e. The molecule has 0 aliphatic carbocycles. The van der Waals surface area contributed by atoms with E-state index in [2.05, 4.69) is 0 Å². The van der Waals surface area contributed by atoms with Gasteiger partial charge in [-0.3, -0.25) is 0 Å². The van der Waals surface area contributed by atoms with E-state index >= 15 is 0 Å². The molecule has 0 aromatic heterocycles. The Balaban J connectivity index is 2.30. The Hall–Kier alpha value is -1.74. The van der Waals surface area contributed by atoms with Gasteiger partial charge >= 0.3 is 0 Å². The molecule has 0 fully saturated rings. The van der Waals surface area contributed by atoms with Crippen molar-refractivity contribution in [1.82, 2.24) is 0 Å². The average molecular weight is 279 g/mol. The van der Waals surface area contributed by atoms with E-state index in [1.165, 1.54) is 12.1 Å². The Bertz CT molecular complexity index is 558. The third-order valence-corrected chi connectivity index (χ3v) is 3.30. The molecule has 2 aromatic carbocycles. The summed E-state index contributed by atoms with van der Waals surface area (Å²) in [7, 11) is 0. The van der Waals surface area contributed by atoms with Crippen LogP contribution in [0.3, 0.4) is 0 Å². The van der Waals surface area contributed by atoms with Gasteiger partial charge in [-0.1, -0.05) is 41.9 Å². The highest BCUT2D eigenvalue weighted by atomic mass is 35.5. The highest BCUT2D eigenvalue weighted by Gasteiger charge is 2.12. The zero-order valence-electron chi connectivity index (χ0n) is 10.7. The van der Waals surface area contributed by atoms with E-state index in [9.17, 15) is 4.39 Å². The predicted octanol–water partition coefficient (Wildman–Crippen LogP) is 4.09. The van der Waals surface area contributed by atoms with Crippen molar-refractivity contribution in [2.75, 3.05) is 17.2 Å². The molecule has 0 bridgehead atoms. The number of halogens is 2. The van der Waals surface area contributed by atoms with Crippen LogP contribution in [-0.2, 0) is 6.54 Å². The van der Waals surface area contributed by atoms with Crippen LogP contribution in [0.25, 0.3) is 0 Å². The second-order valence-electron chi connectivity index (χ2n) is 4.32. The first-order chi connectivity index (χ1) is 9.11. The molecule has 0 saturated carbocycles. The summed E-state index contributed by atoms with van der Waals surface area (Å²) in [5.74, 6) is -0.447. The molecule has 4 heteroatoms. The Morgan fingerprint density at radius 3 is 2.53 bits per heavy atom. The molecule has 2 aromatic rings. The largest absolute Gasteiger partial charge is 0.397 e. The van der Waals surface area contributed by atoms with Crippen LogP contribution in [0.4, 0.5) is 15.8 Å². The minimum atomic E-state index is -0.447. The molecule has 0 amide bonds. The van der Waals surface area contributed by atoms with Gasteiger partial charge in [0.25, 0.3) is 0 Å². The lowest BCUT2D eigenvalue weighted by Crippen LogP contribution is -2.23. The molecule has 0 aliphatic rings. The van der Waals surface area contributed by atoms with E-state index < -0.39 is 5.82 Å². The standard InChI is InChI=1S/C15H16ClFN2/c1-2-19(10-11-6-4-3-5-7-11)15-9-13(17)12(16)8-14(15)18/h3-9H,2,10,18H2,1H3. The molecular weight excluding hydrogens is 263 g/mol. The zero-order chi connectivity index (χ0) is 13.8. The van der Waals surface area contributed by atoms with Gasteiger partial charge in [0.2, 0.25) is 0 Å². The van der Waals surface area contributed by atoms with Gasteiger partial charge in [0.15, 0.2) is 0 Å². The average Bonchev–Trinajstić information content (AvgIpc) is 2.42. The van der Waals surface area contributed by atoms with Crippen LogP contribution in [0, 0.1) is 5.82 Å². The summed E-state index contributed by atoms with van der Waals surface area (Å²) in [4.78, 5) is 2.02. The third kappa shape index (κ3) is 3.18. The summed E-state index contributed by atoms with van der Waals surface area (Å²) in [5.41, 5.74) is 8.24. The highest BCUT2D eigenvalue weighted by molar-refractivity contribution is 6.31. The van der Waals surface area contributed by atoms with Crippen molar-refractivity contribution in [2.45, 2.75) is 13.5 Å². The SMILES string of the molecule is CCN(Cc1ccccc1)c1cc(F)c(Cl)cc1N. The number of anilines is 2. The van der Waals surface area contributed by atoms with Gasteiger partial charge in [0.1, 0.15) is 5.82 Å². The minimum absolute atomic E-state index is 0.0528. The first-order valence-corrected chi connectivity index (χ1v) is 6.53. The number of benzene rings is 2. The quantitative estimate of drug-likeness (QED) is 0.854. The number of hydrogen-bond donors (Lipinski definition) is 1. The molecule has 19 heavy (non-hydrogen) atoms. The van der Waals surface area contributed by atoms with Gasteiger partial charge in [0.05, 0.1) is 16.4 Å². The van der Waals surface area contributed by atoms with Crippen molar-refractivity contribution >= 4 is 23.0 Å². The van der Waals surface area contributed by atoms with E-state index in [1.54, 1.807) is 0 Å². The predicted molar refractivity (Wildman–Crippen MR) is 79.0 cm³/mol. The van der Waals surface area contributed by atoms with Gasteiger partial charge in [-0.05, 0) is 18.6 Å². The summed E-state index contributed by atoms with van der Waals surface area (Å²) >= 11 is 5.72. The Morgan fingerprint density at radius 1 is 1.21 bits per heavy atom. The number of nitrogen functional groups attached to an aromatic ring is 1. The van der Waals surface area contributed by atoms with E-state index in [0.29, 0.717) is 17.9 Å². The van der Waals surface area contributed by atoms with Crippen LogP contribution in [0.5, 0.6) is 0 Å². The van der Waals surface area contributed by atoms with Crippen LogP contribution in [0.15, 0.2) is 42.5 Å². The molecule has 2 N–H and O–H groups in total. The van der Waals surface area contributed by atoms with Crippen LogP contribution >= 0.6 is 11.6 Å². The lowest BCUT2D eigenvalue weighted by atomic mass is 10.2. The summed E-state index contributed by atoms with van der Waals surface area (Å²) in [6.07, 6.45) is 0. The third-order valence-electron chi connectivity index (χ3n) is 3.01. The summed E-state index contributed by atoms with van der Waals surface area (Å²) in [6, 6.07) is 12.8. The fourth-order valence-corrected chi connectivity index (χ4v) is 2.17. The molecule has 2 rings (SSSR count). The van der Waals surface area contributed by atoms with Gasteiger partial charge in [-0.25, -0.2) is 4.39 Å². The molecule has 0 heterocycles. The molecule has 0 spiro atoms. The van der Waals surface area contributed by atoms with Crippen molar-refractivity contribution in [1.29, 1.82) is 0 Å². The molecule has 100 valence electrons. The van der Waals surface area contributed by atoms with Gasteiger partial charge in [0, 0.05) is 19.2 Å². The maximum Gasteiger partial charge on any atom is 0.144 e. The zero-order valence-corrected chi connectivity index (χ0v) is 11.5. The molecule has 0 radical (unpaired) electrons.